The molecule has 0 saturated carbocycles. The molecule has 0 amide bonds. The molecule has 2 aromatic carbocycles. The van der Waals surface area contributed by atoms with E-state index >= 15 is 0 Å². The summed E-state index contributed by atoms with van der Waals surface area (Å²) in [5.74, 6) is -0.655. The van der Waals surface area contributed by atoms with Crippen molar-refractivity contribution < 1.29 is 17.9 Å². The number of sulfonamides is 1. The van der Waals surface area contributed by atoms with Crippen LogP contribution in [0.4, 0.5) is 10.1 Å². The number of hydrogen-bond acceptors (Lipinski definition) is 3. The third kappa shape index (κ3) is 3.33. The van der Waals surface area contributed by atoms with Crippen LogP contribution in [0.25, 0.3) is 0 Å². The van der Waals surface area contributed by atoms with Gasteiger partial charge < -0.3 is 5.11 Å². The van der Waals surface area contributed by atoms with Crippen LogP contribution in [0.5, 0.6) is 5.75 Å². The Morgan fingerprint density at radius 1 is 1.19 bits per heavy atom. The van der Waals surface area contributed by atoms with Gasteiger partial charge in [0.2, 0.25) is 0 Å². The van der Waals surface area contributed by atoms with Crippen molar-refractivity contribution in [3.8, 4) is 5.75 Å². The first-order valence-corrected chi connectivity index (χ1v) is 7.92. The summed E-state index contributed by atoms with van der Waals surface area (Å²) in [6, 6.07) is 8.17. The number of halogens is 1. The van der Waals surface area contributed by atoms with E-state index in [-0.39, 0.29) is 16.3 Å². The van der Waals surface area contributed by atoms with Crippen LogP contribution in [0, 0.1) is 12.7 Å². The predicted molar refractivity (Wildman–Crippen MR) is 79.4 cm³/mol. The zero-order valence-electron chi connectivity index (χ0n) is 11.7. The van der Waals surface area contributed by atoms with Crippen molar-refractivity contribution >= 4 is 15.7 Å². The molecule has 0 bridgehead atoms. The molecule has 2 N–H and O–H groups in total. The summed E-state index contributed by atoms with van der Waals surface area (Å²) in [5, 5.41) is 9.77. The van der Waals surface area contributed by atoms with Crippen LogP contribution >= 0.6 is 0 Å². The van der Waals surface area contributed by atoms with Gasteiger partial charge in [0.15, 0.2) is 0 Å². The van der Waals surface area contributed by atoms with Crippen molar-refractivity contribution in [1.82, 2.24) is 0 Å². The average Bonchev–Trinajstić information content (AvgIpc) is 2.40. The van der Waals surface area contributed by atoms with E-state index in [1.165, 1.54) is 19.1 Å². The summed E-state index contributed by atoms with van der Waals surface area (Å²) in [4.78, 5) is -0.0230. The van der Waals surface area contributed by atoms with Gasteiger partial charge in [-0.1, -0.05) is 13.0 Å². The molecular weight excluding hydrogens is 293 g/mol. The van der Waals surface area contributed by atoms with E-state index in [0.717, 1.165) is 17.7 Å². The van der Waals surface area contributed by atoms with Gasteiger partial charge in [-0.05, 0) is 54.8 Å². The normalized spacial score (nSPS) is 11.4. The van der Waals surface area contributed by atoms with E-state index in [2.05, 4.69) is 4.72 Å². The van der Waals surface area contributed by atoms with Crippen molar-refractivity contribution in [3.63, 3.8) is 0 Å². The molecule has 0 unspecified atom stereocenters. The number of benzene rings is 2. The standard InChI is InChI=1S/C15H16FNO3S/c1-3-11-4-6-14(18)13(9-11)17-21(19,20)15-7-5-12(16)8-10(15)2/h4-9,17-18H,3H2,1-2H3. The molecule has 0 aliphatic rings. The largest absolute Gasteiger partial charge is 0.506 e. The predicted octanol–water partition coefficient (Wildman–Crippen LogP) is 3.20. The van der Waals surface area contributed by atoms with Gasteiger partial charge in [-0.15, -0.1) is 0 Å². The third-order valence-electron chi connectivity index (χ3n) is 3.14. The maximum absolute atomic E-state index is 13.1. The lowest BCUT2D eigenvalue weighted by Gasteiger charge is -2.12. The topological polar surface area (TPSA) is 66.4 Å². The summed E-state index contributed by atoms with van der Waals surface area (Å²) in [6.07, 6.45) is 0.713. The quantitative estimate of drug-likeness (QED) is 0.852. The van der Waals surface area contributed by atoms with Crippen LogP contribution in [0.3, 0.4) is 0 Å². The fourth-order valence-corrected chi connectivity index (χ4v) is 3.29. The zero-order chi connectivity index (χ0) is 15.6. The molecule has 0 aliphatic heterocycles. The highest BCUT2D eigenvalue weighted by Crippen LogP contribution is 2.28. The van der Waals surface area contributed by atoms with Gasteiger partial charge >= 0.3 is 0 Å². The number of rotatable bonds is 4. The third-order valence-corrected chi connectivity index (χ3v) is 4.67. The lowest BCUT2D eigenvalue weighted by Crippen LogP contribution is -2.14. The summed E-state index contributed by atoms with van der Waals surface area (Å²) in [5.41, 5.74) is 1.30. The molecule has 0 aromatic heterocycles. The molecule has 4 nitrogen and oxygen atoms in total. The first kappa shape index (κ1) is 15.3. The van der Waals surface area contributed by atoms with Gasteiger partial charge in [0.1, 0.15) is 11.6 Å². The molecule has 6 heteroatoms. The van der Waals surface area contributed by atoms with Crippen LogP contribution in [0.15, 0.2) is 41.3 Å². The second-order valence-corrected chi connectivity index (χ2v) is 6.37. The van der Waals surface area contributed by atoms with E-state index in [1.54, 1.807) is 12.1 Å². The van der Waals surface area contributed by atoms with Crippen molar-refractivity contribution in [1.29, 1.82) is 0 Å². The van der Waals surface area contributed by atoms with Crippen LogP contribution in [-0.4, -0.2) is 13.5 Å². The van der Waals surface area contributed by atoms with Gasteiger partial charge in [-0.3, -0.25) is 4.72 Å². The van der Waals surface area contributed by atoms with Crippen LogP contribution in [0.2, 0.25) is 0 Å². The van der Waals surface area contributed by atoms with Crippen molar-refractivity contribution in [2.45, 2.75) is 25.2 Å². The number of aryl methyl sites for hydroxylation is 2. The Balaban J connectivity index is 2.42. The van der Waals surface area contributed by atoms with E-state index in [0.29, 0.717) is 12.0 Å². The van der Waals surface area contributed by atoms with E-state index < -0.39 is 15.8 Å². The van der Waals surface area contributed by atoms with Gasteiger partial charge in [-0.2, -0.15) is 0 Å². The molecule has 0 spiro atoms. The Hall–Kier alpha value is -2.08. The van der Waals surface area contributed by atoms with E-state index in [4.69, 9.17) is 0 Å². The number of nitrogens with one attached hydrogen (secondary N) is 1. The molecule has 112 valence electrons. The summed E-state index contributed by atoms with van der Waals surface area (Å²) in [6.45, 7) is 3.44. The molecule has 0 saturated heterocycles. The van der Waals surface area contributed by atoms with Crippen LogP contribution in [0.1, 0.15) is 18.1 Å². The molecule has 0 heterocycles. The Labute approximate surface area is 123 Å². The minimum atomic E-state index is -3.88. The molecule has 2 rings (SSSR count). The summed E-state index contributed by atoms with van der Waals surface area (Å²) in [7, 11) is -3.88. The Morgan fingerprint density at radius 2 is 1.90 bits per heavy atom. The van der Waals surface area contributed by atoms with Crippen LogP contribution in [-0.2, 0) is 16.4 Å². The molecule has 0 fully saturated rings. The van der Waals surface area contributed by atoms with Gasteiger partial charge in [0.05, 0.1) is 10.6 Å². The van der Waals surface area contributed by atoms with Crippen molar-refractivity contribution in [2.24, 2.45) is 0 Å². The lowest BCUT2D eigenvalue weighted by atomic mass is 10.1. The van der Waals surface area contributed by atoms with Crippen molar-refractivity contribution in [3.05, 3.63) is 53.3 Å². The number of aromatic hydroxyl groups is 1. The Bertz CT molecular complexity index is 772. The fraction of sp³-hybridized carbons (Fsp3) is 0.200. The maximum Gasteiger partial charge on any atom is 0.262 e. The highest BCUT2D eigenvalue weighted by molar-refractivity contribution is 7.92. The van der Waals surface area contributed by atoms with Crippen molar-refractivity contribution in [2.75, 3.05) is 4.72 Å². The lowest BCUT2D eigenvalue weighted by molar-refractivity contribution is 0.477. The highest BCUT2D eigenvalue weighted by Gasteiger charge is 2.19. The number of phenolic OH excluding ortho intramolecular Hbond substituents is 1. The average molecular weight is 309 g/mol. The Kier molecular flexibility index (Phi) is 4.18. The fourth-order valence-electron chi connectivity index (χ4n) is 2.00. The van der Waals surface area contributed by atoms with Gasteiger partial charge in [0, 0.05) is 0 Å². The molecular formula is C15H16FNO3S. The Morgan fingerprint density at radius 3 is 2.52 bits per heavy atom. The van der Waals surface area contributed by atoms with Gasteiger partial charge in [0.25, 0.3) is 10.0 Å². The van der Waals surface area contributed by atoms with E-state index in [1.807, 2.05) is 6.92 Å². The number of hydrogen-bond donors (Lipinski definition) is 2. The SMILES string of the molecule is CCc1ccc(O)c(NS(=O)(=O)c2ccc(F)cc2C)c1. The van der Waals surface area contributed by atoms with Gasteiger partial charge in [-0.25, -0.2) is 12.8 Å². The highest BCUT2D eigenvalue weighted by atomic mass is 32.2. The first-order valence-electron chi connectivity index (χ1n) is 6.44. The monoisotopic (exact) mass is 309 g/mol. The minimum Gasteiger partial charge on any atom is -0.506 e. The number of anilines is 1. The minimum absolute atomic E-state index is 0.0230. The summed E-state index contributed by atoms with van der Waals surface area (Å²) >= 11 is 0. The zero-order valence-corrected chi connectivity index (χ0v) is 12.5. The second kappa shape index (κ2) is 5.73. The summed E-state index contributed by atoms with van der Waals surface area (Å²) < 4.78 is 40.1. The molecule has 0 radical (unpaired) electrons. The van der Waals surface area contributed by atoms with E-state index in [9.17, 15) is 17.9 Å². The number of phenols is 1. The molecule has 0 atom stereocenters. The smallest absolute Gasteiger partial charge is 0.262 e. The maximum atomic E-state index is 13.1. The first-order chi connectivity index (χ1) is 9.83. The molecule has 2 aromatic rings. The second-order valence-electron chi connectivity index (χ2n) is 4.72. The van der Waals surface area contributed by atoms with Crippen LogP contribution < -0.4 is 4.72 Å². The molecule has 21 heavy (non-hydrogen) atoms. The molecule has 0 aliphatic carbocycles.